The maximum absolute atomic E-state index is 12.9. The molecule has 0 saturated heterocycles. The summed E-state index contributed by atoms with van der Waals surface area (Å²) in [4.78, 5) is 18.9. The lowest BCUT2D eigenvalue weighted by Crippen LogP contribution is -2.46. The Balaban J connectivity index is 1.69. The summed E-state index contributed by atoms with van der Waals surface area (Å²) in [6.07, 6.45) is 2.30. The Morgan fingerprint density at radius 3 is 3.08 bits per heavy atom. The predicted octanol–water partition coefficient (Wildman–Crippen LogP) is 2.38. The number of aromatic nitrogens is 2. The smallest absolute Gasteiger partial charge is 0.290 e. The Labute approximate surface area is 143 Å². The number of aliphatic hydroxyl groups excluding tert-OH is 1. The van der Waals surface area contributed by atoms with Gasteiger partial charge in [-0.2, -0.15) is 0 Å². The molecule has 7 heteroatoms. The lowest BCUT2D eigenvalue weighted by Gasteiger charge is -2.33. The number of aryl methyl sites for hydroxylation is 1. The number of hydrogen-bond acceptors (Lipinski definition) is 4. The van der Waals surface area contributed by atoms with Gasteiger partial charge in [-0.1, -0.05) is 11.6 Å². The summed E-state index contributed by atoms with van der Waals surface area (Å²) in [5.41, 5.74) is 2.52. The summed E-state index contributed by atoms with van der Waals surface area (Å²) in [7, 11) is 1.92. The zero-order valence-electron chi connectivity index (χ0n) is 13.1. The minimum atomic E-state index is -0.294. The third-order valence-electron chi connectivity index (χ3n) is 4.50. The number of furan rings is 1. The number of hydrogen-bond donors (Lipinski definition) is 1. The quantitative estimate of drug-likeness (QED) is 0.774. The van der Waals surface area contributed by atoms with Gasteiger partial charge in [0.1, 0.15) is 5.58 Å². The second-order valence-corrected chi connectivity index (χ2v) is 6.45. The van der Waals surface area contributed by atoms with Gasteiger partial charge in [0.25, 0.3) is 5.91 Å². The third-order valence-corrected chi connectivity index (χ3v) is 4.73. The summed E-state index contributed by atoms with van der Waals surface area (Å²) < 4.78 is 7.60. The van der Waals surface area contributed by atoms with Crippen molar-refractivity contribution in [2.45, 2.75) is 19.0 Å². The van der Waals surface area contributed by atoms with Gasteiger partial charge >= 0.3 is 0 Å². The van der Waals surface area contributed by atoms with Crippen molar-refractivity contribution >= 4 is 28.5 Å². The van der Waals surface area contributed by atoms with E-state index >= 15 is 0 Å². The molecule has 1 N–H and O–H groups in total. The van der Waals surface area contributed by atoms with E-state index in [2.05, 4.69) is 4.98 Å². The molecule has 3 heterocycles. The number of carbonyl (C=O) groups is 1. The molecule has 0 aliphatic carbocycles. The molecule has 1 amide bonds. The maximum atomic E-state index is 12.9. The number of benzene rings is 1. The summed E-state index contributed by atoms with van der Waals surface area (Å²) >= 11 is 5.98. The zero-order valence-corrected chi connectivity index (χ0v) is 13.8. The Morgan fingerprint density at radius 2 is 2.29 bits per heavy atom. The molecule has 1 atom stereocenters. The first-order valence-corrected chi connectivity index (χ1v) is 8.04. The summed E-state index contributed by atoms with van der Waals surface area (Å²) in [6.45, 7) is 0.250. The van der Waals surface area contributed by atoms with Crippen molar-refractivity contribution in [2.24, 2.45) is 7.05 Å². The number of rotatable bonds is 2. The van der Waals surface area contributed by atoms with Crippen molar-refractivity contribution in [3.8, 4) is 0 Å². The van der Waals surface area contributed by atoms with Gasteiger partial charge in [-0.25, -0.2) is 4.98 Å². The van der Waals surface area contributed by atoms with Crippen molar-refractivity contribution < 1.29 is 14.3 Å². The zero-order chi connectivity index (χ0) is 16.8. The van der Waals surface area contributed by atoms with E-state index in [1.807, 2.05) is 11.6 Å². The van der Waals surface area contributed by atoms with Crippen LogP contribution in [0.4, 0.5) is 0 Å². The predicted molar refractivity (Wildman–Crippen MR) is 88.9 cm³/mol. The number of imidazole rings is 1. The number of amides is 1. The standard InChI is InChI=1S/C17H16ClN3O3/c1-20-9-19-13-7-21(12(8-22)6-14(13)20)17(23)16-5-10-4-11(18)2-3-15(10)24-16/h2-5,9,12,22H,6-8H2,1H3/t12-/m1/s1. The molecule has 0 saturated carbocycles. The van der Waals surface area contributed by atoms with E-state index in [1.165, 1.54) is 0 Å². The number of fused-ring (bicyclic) bond motifs is 2. The molecular formula is C17H16ClN3O3. The van der Waals surface area contributed by atoms with Crippen LogP contribution in [0.3, 0.4) is 0 Å². The van der Waals surface area contributed by atoms with Crippen LogP contribution < -0.4 is 0 Å². The fraction of sp³-hybridized carbons (Fsp3) is 0.294. The van der Waals surface area contributed by atoms with Gasteiger partial charge in [0.2, 0.25) is 0 Å². The highest BCUT2D eigenvalue weighted by molar-refractivity contribution is 6.31. The lowest BCUT2D eigenvalue weighted by molar-refractivity contribution is 0.0507. The second kappa shape index (κ2) is 5.65. The van der Waals surface area contributed by atoms with Crippen LogP contribution in [0.2, 0.25) is 5.02 Å². The van der Waals surface area contributed by atoms with Crippen molar-refractivity contribution in [1.29, 1.82) is 0 Å². The first-order chi connectivity index (χ1) is 11.6. The monoisotopic (exact) mass is 345 g/mol. The Morgan fingerprint density at radius 1 is 1.46 bits per heavy atom. The second-order valence-electron chi connectivity index (χ2n) is 6.02. The molecule has 0 unspecified atom stereocenters. The van der Waals surface area contributed by atoms with Crippen molar-refractivity contribution in [3.05, 3.63) is 52.8 Å². The van der Waals surface area contributed by atoms with Crippen LogP contribution in [0.25, 0.3) is 11.0 Å². The van der Waals surface area contributed by atoms with E-state index in [4.69, 9.17) is 16.0 Å². The highest BCUT2D eigenvalue weighted by Gasteiger charge is 2.33. The molecular weight excluding hydrogens is 330 g/mol. The average molecular weight is 346 g/mol. The van der Waals surface area contributed by atoms with E-state index in [9.17, 15) is 9.90 Å². The minimum Gasteiger partial charge on any atom is -0.451 e. The molecule has 1 aliphatic heterocycles. The van der Waals surface area contributed by atoms with Crippen LogP contribution in [-0.4, -0.2) is 38.1 Å². The van der Waals surface area contributed by atoms with Crippen molar-refractivity contribution in [1.82, 2.24) is 14.5 Å². The third kappa shape index (κ3) is 2.39. The van der Waals surface area contributed by atoms with Crippen LogP contribution in [0.1, 0.15) is 21.9 Å². The average Bonchev–Trinajstić information content (AvgIpc) is 3.16. The maximum Gasteiger partial charge on any atom is 0.290 e. The van der Waals surface area contributed by atoms with E-state index in [-0.39, 0.29) is 24.3 Å². The molecule has 1 aromatic carbocycles. The Hall–Kier alpha value is -2.31. The molecule has 4 rings (SSSR count). The van der Waals surface area contributed by atoms with Crippen LogP contribution in [0.15, 0.2) is 35.0 Å². The molecule has 24 heavy (non-hydrogen) atoms. The van der Waals surface area contributed by atoms with E-state index in [0.717, 1.165) is 16.8 Å². The molecule has 6 nitrogen and oxygen atoms in total. The largest absolute Gasteiger partial charge is 0.451 e. The molecule has 124 valence electrons. The van der Waals surface area contributed by atoms with Crippen LogP contribution >= 0.6 is 11.6 Å². The highest BCUT2D eigenvalue weighted by atomic mass is 35.5. The summed E-state index contributed by atoms with van der Waals surface area (Å²) in [5.74, 6) is -0.0113. The first-order valence-electron chi connectivity index (χ1n) is 7.67. The van der Waals surface area contributed by atoms with Gasteiger partial charge in [-0.05, 0) is 24.3 Å². The first kappa shape index (κ1) is 15.2. The fourth-order valence-corrected chi connectivity index (χ4v) is 3.36. The van der Waals surface area contributed by atoms with Crippen molar-refractivity contribution in [3.63, 3.8) is 0 Å². The topological polar surface area (TPSA) is 71.5 Å². The van der Waals surface area contributed by atoms with Gasteiger partial charge < -0.3 is 19.0 Å². The van der Waals surface area contributed by atoms with Gasteiger partial charge in [0.05, 0.1) is 31.2 Å². The minimum absolute atomic E-state index is 0.109. The summed E-state index contributed by atoms with van der Waals surface area (Å²) in [5, 5.41) is 11.1. The van der Waals surface area contributed by atoms with Gasteiger partial charge in [-0.3, -0.25) is 4.79 Å². The number of aliphatic hydroxyl groups is 1. The molecule has 3 aromatic rings. The van der Waals surface area contributed by atoms with Gasteiger partial charge in [-0.15, -0.1) is 0 Å². The molecule has 0 radical (unpaired) electrons. The van der Waals surface area contributed by atoms with Crippen LogP contribution in [0.5, 0.6) is 0 Å². The molecule has 0 spiro atoms. The van der Waals surface area contributed by atoms with Crippen LogP contribution in [0, 0.1) is 0 Å². The number of halogens is 1. The van der Waals surface area contributed by atoms with Crippen molar-refractivity contribution in [2.75, 3.05) is 6.61 Å². The Bertz CT molecular complexity index is 930. The fourth-order valence-electron chi connectivity index (χ4n) is 3.18. The SMILES string of the molecule is Cn1cnc2c1C[C@H](CO)N(C(=O)c1cc3cc(Cl)ccc3o1)C2. The lowest BCUT2D eigenvalue weighted by atomic mass is 10.0. The van der Waals surface area contributed by atoms with Gasteiger partial charge in [0.15, 0.2) is 5.76 Å². The summed E-state index contributed by atoms with van der Waals surface area (Å²) in [6, 6.07) is 6.61. The van der Waals surface area contributed by atoms with Crippen LogP contribution in [-0.2, 0) is 20.0 Å². The van der Waals surface area contributed by atoms with Gasteiger partial charge in [0, 0.05) is 29.6 Å². The Kier molecular flexibility index (Phi) is 3.58. The van der Waals surface area contributed by atoms with E-state index < -0.39 is 0 Å². The molecule has 1 aliphatic rings. The van der Waals surface area contributed by atoms with E-state index in [1.54, 1.807) is 35.5 Å². The highest BCUT2D eigenvalue weighted by Crippen LogP contribution is 2.27. The van der Waals surface area contributed by atoms with E-state index in [0.29, 0.717) is 23.6 Å². The number of nitrogens with zero attached hydrogens (tertiary/aromatic N) is 3. The molecule has 2 aromatic heterocycles. The number of carbonyl (C=O) groups excluding carboxylic acids is 1. The molecule has 0 fully saturated rings. The normalized spacial score (nSPS) is 17.3. The molecule has 0 bridgehead atoms.